The summed E-state index contributed by atoms with van der Waals surface area (Å²) >= 11 is 0. The molecule has 0 bridgehead atoms. The van der Waals surface area contributed by atoms with E-state index in [1.807, 2.05) is 4.90 Å². The normalized spacial score (nSPS) is 19.2. The number of nitrogens with zero attached hydrogens (tertiary/aromatic N) is 2. The average molecular weight is 417 g/mol. The Morgan fingerprint density at radius 3 is 2.63 bits per heavy atom. The average Bonchev–Trinajstić information content (AvgIpc) is 2.70. The lowest BCUT2D eigenvalue weighted by atomic mass is 9.92. The number of amides is 2. The monoisotopic (exact) mass is 417 g/mol. The van der Waals surface area contributed by atoms with Crippen LogP contribution in [0.15, 0.2) is 23.0 Å². The number of aromatic amines is 1. The largest absolute Gasteiger partial charge is 0.342 e. The summed E-state index contributed by atoms with van der Waals surface area (Å²) in [5.74, 6) is -3.40. The van der Waals surface area contributed by atoms with Gasteiger partial charge in [-0.25, -0.2) is 8.78 Å². The van der Waals surface area contributed by atoms with E-state index >= 15 is 0 Å². The highest BCUT2D eigenvalue weighted by molar-refractivity contribution is 6.04. The Morgan fingerprint density at radius 1 is 1.20 bits per heavy atom. The zero-order valence-electron chi connectivity index (χ0n) is 16.3. The highest BCUT2D eigenvalue weighted by Gasteiger charge is 2.35. The van der Waals surface area contributed by atoms with Gasteiger partial charge in [-0.2, -0.15) is 4.98 Å². The Hall–Kier alpha value is -3.30. The smallest absolute Gasteiger partial charge is 0.258 e. The van der Waals surface area contributed by atoms with E-state index in [0.717, 1.165) is 38.1 Å². The Kier molecular flexibility index (Phi) is 5.23. The Balaban J connectivity index is 1.62. The van der Waals surface area contributed by atoms with E-state index < -0.39 is 34.9 Å². The lowest BCUT2D eigenvalue weighted by molar-refractivity contribution is -0.123. The topological polar surface area (TPSA) is 107 Å². The number of carbonyl (C=O) groups excluding carboxylic acids is 2. The molecule has 1 saturated heterocycles. The van der Waals surface area contributed by atoms with Crippen molar-refractivity contribution in [3.8, 4) is 0 Å². The van der Waals surface area contributed by atoms with Crippen molar-refractivity contribution in [1.82, 2.24) is 9.97 Å². The van der Waals surface area contributed by atoms with E-state index in [1.165, 1.54) is 6.07 Å². The second-order valence-electron chi connectivity index (χ2n) is 7.74. The summed E-state index contributed by atoms with van der Waals surface area (Å²) in [5, 5.41) is 5.00. The SMILES string of the molecule is CC1CCN(c2nc3c(c(=O)[nH]2)C(C(=O)Nc2ccc(F)c(F)c2)CC(=O)N3)CC1. The lowest BCUT2D eigenvalue weighted by Gasteiger charge is -2.31. The molecule has 30 heavy (non-hydrogen) atoms. The molecule has 0 radical (unpaired) electrons. The fourth-order valence-electron chi connectivity index (χ4n) is 3.76. The standard InChI is InChI=1S/C20H21F2N5O3/c1-10-4-6-27(7-5-10)20-25-17-16(19(30)26-20)12(9-15(28)24-17)18(29)23-11-2-3-13(21)14(22)8-11/h2-3,8,10,12H,4-7,9H2,1H3,(H,23,29)(H2,24,25,26,28,30). The number of carbonyl (C=O) groups is 2. The molecule has 8 nitrogen and oxygen atoms in total. The van der Waals surface area contributed by atoms with E-state index in [4.69, 9.17) is 0 Å². The third-order valence-electron chi connectivity index (χ3n) is 5.53. The van der Waals surface area contributed by atoms with Gasteiger partial charge in [-0.05, 0) is 30.9 Å². The molecule has 0 saturated carbocycles. The number of aromatic nitrogens is 2. The van der Waals surface area contributed by atoms with Gasteiger partial charge in [0.15, 0.2) is 11.6 Å². The molecule has 0 spiro atoms. The lowest BCUT2D eigenvalue weighted by Crippen LogP contribution is -2.39. The number of rotatable bonds is 3. The zero-order chi connectivity index (χ0) is 21.4. The fraction of sp³-hybridized carbons (Fsp3) is 0.400. The molecule has 3 N–H and O–H groups in total. The van der Waals surface area contributed by atoms with Crippen LogP contribution in [-0.4, -0.2) is 34.9 Å². The van der Waals surface area contributed by atoms with Gasteiger partial charge in [-0.15, -0.1) is 0 Å². The van der Waals surface area contributed by atoms with Crippen molar-refractivity contribution in [1.29, 1.82) is 0 Å². The Labute approximate surface area is 170 Å². The summed E-state index contributed by atoms with van der Waals surface area (Å²) in [6.45, 7) is 3.63. The molecule has 158 valence electrons. The number of piperidine rings is 1. The molecule has 0 aliphatic carbocycles. The molecule has 1 aromatic carbocycles. The first kappa shape index (κ1) is 20.0. The van der Waals surface area contributed by atoms with Gasteiger partial charge in [0, 0.05) is 31.3 Å². The highest BCUT2D eigenvalue weighted by Crippen LogP contribution is 2.31. The number of nitrogens with one attached hydrogen (secondary N) is 3. The molecule has 4 rings (SSSR count). The van der Waals surface area contributed by atoms with Gasteiger partial charge in [0.05, 0.1) is 11.5 Å². The Bertz CT molecular complexity index is 1060. The van der Waals surface area contributed by atoms with Crippen LogP contribution in [-0.2, 0) is 9.59 Å². The molecule has 3 heterocycles. The number of fused-ring (bicyclic) bond motifs is 1. The van der Waals surface area contributed by atoms with Gasteiger partial charge in [0.1, 0.15) is 5.82 Å². The van der Waals surface area contributed by atoms with Crippen LogP contribution in [0.25, 0.3) is 0 Å². The first-order valence-electron chi connectivity index (χ1n) is 9.76. The summed E-state index contributed by atoms with van der Waals surface area (Å²) in [7, 11) is 0. The minimum Gasteiger partial charge on any atom is -0.342 e. The van der Waals surface area contributed by atoms with E-state index in [1.54, 1.807) is 0 Å². The van der Waals surface area contributed by atoms with Crippen molar-refractivity contribution in [2.75, 3.05) is 28.6 Å². The molecule has 1 fully saturated rings. The molecule has 10 heteroatoms. The summed E-state index contributed by atoms with van der Waals surface area (Å²) in [6, 6.07) is 2.91. The quantitative estimate of drug-likeness (QED) is 0.711. The van der Waals surface area contributed by atoms with Gasteiger partial charge >= 0.3 is 0 Å². The van der Waals surface area contributed by atoms with Gasteiger partial charge in [-0.1, -0.05) is 6.92 Å². The first-order chi connectivity index (χ1) is 14.3. The molecule has 2 amide bonds. The second kappa shape index (κ2) is 7.85. The Morgan fingerprint density at radius 2 is 1.93 bits per heavy atom. The van der Waals surface area contributed by atoms with Crippen molar-refractivity contribution in [2.45, 2.75) is 32.1 Å². The van der Waals surface area contributed by atoms with Gasteiger partial charge in [-0.3, -0.25) is 19.4 Å². The number of hydrogen-bond acceptors (Lipinski definition) is 5. The maximum absolute atomic E-state index is 13.4. The predicted molar refractivity (Wildman–Crippen MR) is 106 cm³/mol. The first-order valence-corrected chi connectivity index (χ1v) is 9.76. The van der Waals surface area contributed by atoms with E-state index in [9.17, 15) is 23.2 Å². The van der Waals surface area contributed by atoms with E-state index in [0.29, 0.717) is 11.9 Å². The third kappa shape index (κ3) is 3.89. The number of H-pyrrole nitrogens is 1. The predicted octanol–water partition coefficient (Wildman–Crippen LogP) is 2.35. The maximum atomic E-state index is 13.4. The van der Waals surface area contributed by atoms with Crippen molar-refractivity contribution < 1.29 is 18.4 Å². The molecule has 1 unspecified atom stereocenters. The van der Waals surface area contributed by atoms with Crippen molar-refractivity contribution in [3.05, 3.63) is 45.8 Å². The highest BCUT2D eigenvalue weighted by atomic mass is 19.2. The minimum atomic E-state index is -1.12. The van der Waals surface area contributed by atoms with Crippen molar-refractivity contribution >= 4 is 29.3 Å². The van der Waals surface area contributed by atoms with Crippen LogP contribution in [0.5, 0.6) is 0 Å². The van der Waals surface area contributed by atoms with Crippen LogP contribution in [0.2, 0.25) is 0 Å². The van der Waals surface area contributed by atoms with Gasteiger partial charge < -0.3 is 15.5 Å². The van der Waals surface area contributed by atoms with Crippen LogP contribution in [0.3, 0.4) is 0 Å². The fourth-order valence-corrected chi connectivity index (χ4v) is 3.76. The summed E-state index contributed by atoms with van der Waals surface area (Å²) < 4.78 is 26.5. The molecule has 2 aliphatic heterocycles. The van der Waals surface area contributed by atoms with Crippen LogP contribution in [0, 0.1) is 17.6 Å². The number of benzene rings is 1. The van der Waals surface area contributed by atoms with Crippen LogP contribution >= 0.6 is 0 Å². The molecule has 2 aliphatic rings. The molecular weight excluding hydrogens is 396 g/mol. The van der Waals surface area contributed by atoms with E-state index in [-0.39, 0.29) is 23.5 Å². The van der Waals surface area contributed by atoms with E-state index in [2.05, 4.69) is 27.5 Å². The number of hydrogen-bond donors (Lipinski definition) is 3. The molecular formula is C20H21F2N5O3. The van der Waals surface area contributed by atoms with Crippen LogP contribution in [0.1, 0.15) is 37.7 Å². The number of halogens is 2. The summed E-state index contributed by atoms with van der Waals surface area (Å²) in [5.41, 5.74) is -0.447. The van der Waals surface area contributed by atoms with Crippen molar-refractivity contribution in [2.24, 2.45) is 5.92 Å². The third-order valence-corrected chi connectivity index (χ3v) is 5.53. The minimum absolute atomic E-state index is 0.0230. The van der Waals surface area contributed by atoms with Crippen LogP contribution in [0.4, 0.5) is 26.2 Å². The van der Waals surface area contributed by atoms with Gasteiger partial charge in [0.25, 0.3) is 5.56 Å². The summed E-state index contributed by atoms with van der Waals surface area (Å²) in [6.07, 6.45) is 1.67. The molecule has 1 atom stereocenters. The summed E-state index contributed by atoms with van der Waals surface area (Å²) in [4.78, 5) is 46.8. The second-order valence-corrected chi connectivity index (χ2v) is 7.74. The zero-order valence-corrected chi connectivity index (χ0v) is 16.3. The number of anilines is 3. The maximum Gasteiger partial charge on any atom is 0.258 e. The van der Waals surface area contributed by atoms with Gasteiger partial charge in [0.2, 0.25) is 17.8 Å². The van der Waals surface area contributed by atoms with Crippen molar-refractivity contribution in [3.63, 3.8) is 0 Å². The van der Waals surface area contributed by atoms with Crippen LogP contribution < -0.4 is 21.1 Å². The molecule has 1 aromatic heterocycles. The molecule has 2 aromatic rings.